The number of carbonyl (C=O) groups excluding carboxylic acids is 1. The summed E-state index contributed by atoms with van der Waals surface area (Å²) in [6.45, 7) is 1.90. The number of nitrogens with zero attached hydrogens (tertiary/aromatic N) is 1. The van der Waals surface area contributed by atoms with E-state index in [9.17, 15) is 4.79 Å². The number of hydrogen-bond donors (Lipinski definition) is 1. The van der Waals surface area contributed by atoms with Gasteiger partial charge in [-0.05, 0) is 43.5 Å². The maximum atomic E-state index is 13.3. The molecule has 3 rings (SSSR count). The Labute approximate surface area is 163 Å². The monoisotopic (exact) mass is 392 g/mol. The molecule has 2 aromatic rings. The summed E-state index contributed by atoms with van der Waals surface area (Å²) in [4.78, 5) is 17.6. The second-order valence-corrected chi connectivity index (χ2v) is 7.61. The van der Waals surface area contributed by atoms with Gasteiger partial charge in [0.2, 0.25) is 11.8 Å². The van der Waals surface area contributed by atoms with Crippen molar-refractivity contribution in [1.29, 1.82) is 0 Å². The van der Waals surface area contributed by atoms with E-state index in [2.05, 4.69) is 10.3 Å². The molecule has 0 radical (unpaired) electrons. The Morgan fingerprint density at radius 3 is 2.54 bits per heavy atom. The number of benzene rings is 1. The Hall–Kier alpha value is -1.78. The Morgan fingerprint density at radius 2 is 1.92 bits per heavy atom. The fourth-order valence-electron chi connectivity index (χ4n) is 3.75. The zero-order chi connectivity index (χ0) is 18.7. The van der Waals surface area contributed by atoms with E-state index in [-0.39, 0.29) is 5.91 Å². The fraction of sp³-hybridized carbons (Fsp3) is 0.400. The fourth-order valence-corrected chi connectivity index (χ4v) is 4.34. The predicted molar refractivity (Wildman–Crippen MR) is 105 cm³/mol. The molecule has 1 aromatic carbocycles. The van der Waals surface area contributed by atoms with Crippen LogP contribution in [-0.2, 0) is 10.2 Å². The topological polar surface area (TPSA) is 51.2 Å². The lowest BCUT2D eigenvalue weighted by Gasteiger charge is -2.37. The SMILES string of the molecule is COc1ncc(NC(=O)C2(c3ccc(Cl)cc3Cl)CCCCC2)cc1C. The van der Waals surface area contributed by atoms with Crippen LogP contribution < -0.4 is 10.1 Å². The van der Waals surface area contributed by atoms with E-state index < -0.39 is 5.41 Å². The van der Waals surface area contributed by atoms with E-state index >= 15 is 0 Å². The summed E-state index contributed by atoms with van der Waals surface area (Å²) in [5.41, 5.74) is 1.73. The highest BCUT2D eigenvalue weighted by molar-refractivity contribution is 6.35. The van der Waals surface area contributed by atoms with Crippen LogP contribution in [0.15, 0.2) is 30.5 Å². The summed E-state index contributed by atoms with van der Waals surface area (Å²) in [5, 5.41) is 4.15. The number of nitrogens with one attached hydrogen (secondary N) is 1. The zero-order valence-electron chi connectivity index (χ0n) is 14.9. The molecule has 1 fully saturated rings. The van der Waals surface area contributed by atoms with Gasteiger partial charge in [0.15, 0.2) is 0 Å². The van der Waals surface area contributed by atoms with Crippen LogP contribution in [0.1, 0.15) is 43.2 Å². The van der Waals surface area contributed by atoms with Crippen LogP contribution >= 0.6 is 23.2 Å². The van der Waals surface area contributed by atoms with Gasteiger partial charge >= 0.3 is 0 Å². The van der Waals surface area contributed by atoms with E-state index in [4.69, 9.17) is 27.9 Å². The number of aryl methyl sites for hydroxylation is 1. The molecule has 0 spiro atoms. The lowest BCUT2D eigenvalue weighted by molar-refractivity contribution is -0.122. The van der Waals surface area contributed by atoms with Crippen molar-refractivity contribution in [2.24, 2.45) is 0 Å². The second-order valence-electron chi connectivity index (χ2n) is 6.77. The zero-order valence-corrected chi connectivity index (χ0v) is 16.5. The molecule has 0 aliphatic heterocycles. The van der Waals surface area contributed by atoms with Gasteiger partial charge < -0.3 is 10.1 Å². The molecule has 1 aliphatic carbocycles. The molecule has 1 aromatic heterocycles. The van der Waals surface area contributed by atoms with Crippen molar-refractivity contribution >= 4 is 34.8 Å². The van der Waals surface area contributed by atoms with Crippen LogP contribution in [0, 0.1) is 6.92 Å². The lowest BCUT2D eigenvalue weighted by Crippen LogP contribution is -2.42. The van der Waals surface area contributed by atoms with Gasteiger partial charge in [-0.15, -0.1) is 0 Å². The Balaban J connectivity index is 1.95. The molecule has 1 aliphatic rings. The van der Waals surface area contributed by atoms with Crippen molar-refractivity contribution in [2.45, 2.75) is 44.4 Å². The van der Waals surface area contributed by atoms with Gasteiger partial charge in [0.25, 0.3) is 0 Å². The number of carbonyl (C=O) groups is 1. The Morgan fingerprint density at radius 1 is 1.19 bits per heavy atom. The minimum absolute atomic E-state index is 0.0483. The number of halogens is 2. The molecule has 1 heterocycles. The van der Waals surface area contributed by atoms with Crippen LogP contribution in [0.4, 0.5) is 5.69 Å². The number of rotatable bonds is 4. The van der Waals surface area contributed by atoms with Crippen molar-refractivity contribution in [1.82, 2.24) is 4.98 Å². The Bertz CT molecular complexity index is 817. The molecule has 1 N–H and O–H groups in total. The number of ether oxygens (including phenoxy) is 1. The van der Waals surface area contributed by atoms with Crippen molar-refractivity contribution in [2.75, 3.05) is 12.4 Å². The van der Waals surface area contributed by atoms with E-state index in [0.717, 1.165) is 43.2 Å². The summed E-state index contributed by atoms with van der Waals surface area (Å²) in [5.74, 6) is 0.504. The predicted octanol–water partition coefficient (Wildman–Crippen LogP) is 5.55. The average Bonchev–Trinajstić information content (AvgIpc) is 2.62. The molecule has 0 saturated heterocycles. The molecular formula is C20H22Cl2N2O2. The molecule has 26 heavy (non-hydrogen) atoms. The maximum absolute atomic E-state index is 13.3. The van der Waals surface area contributed by atoms with E-state index in [0.29, 0.717) is 21.6 Å². The van der Waals surface area contributed by atoms with E-state index in [1.54, 1.807) is 25.4 Å². The summed E-state index contributed by atoms with van der Waals surface area (Å²) in [6, 6.07) is 7.25. The molecule has 138 valence electrons. The van der Waals surface area contributed by atoms with E-state index in [1.807, 2.05) is 19.1 Å². The highest BCUT2D eigenvalue weighted by Gasteiger charge is 2.42. The van der Waals surface area contributed by atoms with Crippen LogP contribution in [0.2, 0.25) is 10.0 Å². The first-order chi connectivity index (χ1) is 12.5. The van der Waals surface area contributed by atoms with Gasteiger partial charge in [-0.1, -0.05) is 48.5 Å². The highest BCUT2D eigenvalue weighted by atomic mass is 35.5. The van der Waals surface area contributed by atoms with Gasteiger partial charge in [0.05, 0.1) is 24.4 Å². The average molecular weight is 393 g/mol. The summed E-state index contributed by atoms with van der Waals surface area (Å²) >= 11 is 12.5. The van der Waals surface area contributed by atoms with Crippen molar-refractivity contribution in [3.63, 3.8) is 0 Å². The van der Waals surface area contributed by atoms with Crippen LogP contribution in [-0.4, -0.2) is 18.0 Å². The summed E-state index contributed by atoms with van der Waals surface area (Å²) in [7, 11) is 1.58. The highest BCUT2D eigenvalue weighted by Crippen LogP contribution is 2.44. The summed E-state index contributed by atoms with van der Waals surface area (Å²) < 4.78 is 5.18. The molecule has 4 nitrogen and oxygen atoms in total. The van der Waals surface area contributed by atoms with Gasteiger partial charge in [-0.25, -0.2) is 4.98 Å². The van der Waals surface area contributed by atoms with Gasteiger partial charge in [0, 0.05) is 15.6 Å². The minimum atomic E-state index is -0.645. The summed E-state index contributed by atoms with van der Waals surface area (Å²) in [6.07, 6.45) is 6.26. The number of hydrogen-bond acceptors (Lipinski definition) is 3. The van der Waals surface area contributed by atoms with Crippen molar-refractivity contribution in [3.8, 4) is 5.88 Å². The maximum Gasteiger partial charge on any atom is 0.235 e. The first-order valence-corrected chi connectivity index (χ1v) is 9.49. The quantitative estimate of drug-likeness (QED) is 0.741. The first-order valence-electron chi connectivity index (χ1n) is 8.74. The molecule has 6 heteroatoms. The molecule has 0 bridgehead atoms. The molecule has 1 saturated carbocycles. The van der Waals surface area contributed by atoms with Gasteiger partial charge in [-0.3, -0.25) is 4.79 Å². The number of methoxy groups -OCH3 is 1. The largest absolute Gasteiger partial charge is 0.481 e. The molecule has 0 atom stereocenters. The van der Waals surface area contributed by atoms with Crippen LogP contribution in [0.5, 0.6) is 5.88 Å². The molecule has 0 unspecified atom stereocenters. The molecule has 1 amide bonds. The van der Waals surface area contributed by atoms with Gasteiger partial charge in [-0.2, -0.15) is 0 Å². The third-order valence-electron chi connectivity index (χ3n) is 5.07. The van der Waals surface area contributed by atoms with E-state index in [1.165, 1.54) is 0 Å². The third kappa shape index (κ3) is 3.67. The number of aromatic nitrogens is 1. The normalized spacial score (nSPS) is 16.2. The Kier molecular flexibility index (Phi) is 5.73. The second kappa shape index (κ2) is 7.85. The lowest BCUT2D eigenvalue weighted by atomic mass is 9.68. The number of amides is 1. The smallest absolute Gasteiger partial charge is 0.235 e. The molecular weight excluding hydrogens is 371 g/mol. The standard InChI is InChI=1S/C20H22Cl2N2O2/c1-13-10-15(12-23-18(13)26-2)24-19(25)20(8-4-3-5-9-20)16-7-6-14(21)11-17(16)22/h6-7,10-12H,3-5,8-9H2,1-2H3,(H,24,25). The van der Waals surface area contributed by atoms with Crippen LogP contribution in [0.3, 0.4) is 0 Å². The number of pyridine rings is 1. The number of anilines is 1. The van der Waals surface area contributed by atoms with Crippen LogP contribution in [0.25, 0.3) is 0 Å². The minimum Gasteiger partial charge on any atom is -0.481 e. The first kappa shape index (κ1) is 19.0. The van der Waals surface area contributed by atoms with Gasteiger partial charge in [0.1, 0.15) is 0 Å². The third-order valence-corrected chi connectivity index (χ3v) is 5.62. The van der Waals surface area contributed by atoms with Crippen molar-refractivity contribution < 1.29 is 9.53 Å². The van der Waals surface area contributed by atoms with Crippen molar-refractivity contribution in [3.05, 3.63) is 51.6 Å².